The van der Waals surface area contributed by atoms with E-state index < -0.39 is 0 Å². The fourth-order valence-electron chi connectivity index (χ4n) is 1.89. The average Bonchev–Trinajstić information content (AvgIpc) is 2.26. The molecule has 0 radical (unpaired) electrons. The van der Waals surface area contributed by atoms with Crippen molar-refractivity contribution in [1.82, 2.24) is 15.8 Å². The van der Waals surface area contributed by atoms with Crippen LogP contribution in [0.5, 0.6) is 0 Å². The van der Waals surface area contributed by atoms with E-state index in [-0.39, 0.29) is 11.8 Å². The monoisotopic (exact) mass is 228 g/mol. The lowest BCUT2D eigenvalue weighted by atomic mass is 9.98. The second kappa shape index (κ2) is 6.44. The van der Waals surface area contributed by atoms with Crippen molar-refractivity contribution < 1.29 is 9.59 Å². The highest BCUT2D eigenvalue weighted by Crippen LogP contribution is 2.14. The summed E-state index contributed by atoms with van der Waals surface area (Å²) in [6, 6.07) is 0. The normalized spacial score (nSPS) is 21.5. The lowest BCUT2D eigenvalue weighted by Crippen LogP contribution is -2.48. The molecule has 1 unspecified atom stereocenters. The van der Waals surface area contributed by atoms with Gasteiger partial charge in [0.1, 0.15) is 0 Å². The van der Waals surface area contributed by atoms with Crippen molar-refractivity contribution >= 4 is 11.8 Å². The maximum Gasteiger partial charge on any atom is 0.252 e. The van der Waals surface area contributed by atoms with E-state index in [1.54, 1.807) is 0 Å². The molecular weight excluding hydrogens is 208 g/mol. The van der Waals surface area contributed by atoms with Gasteiger partial charge in [0.25, 0.3) is 5.91 Å². The number of piperidine rings is 1. The van der Waals surface area contributed by atoms with E-state index in [1.165, 1.54) is 6.92 Å². The Hall–Kier alpha value is -1.14. The first-order valence-electron chi connectivity index (χ1n) is 5.59. The quantitative estimate of drug-likeness (QED) is 0.531. The van der Waals surface area contributed by atoms with Crippen molar-refractivity contribution in [1.29, 1.82) is 0 Å². The van der Waals surface area contributed by atoms with Crippen LogP contribution in [0.25, 0.3) is 0 Å². The van der Waals surface area contributed by atoms with Crippen LogP contribution in [0.3, 0.4) is 0 Å². The van der Waals surface area contributed by atoms with Crippen LogP contribution in [0.4, 0.5) is 0 Å². The van der Waals surface area contributed by atoms with E-state index in [2.05, 4.69) is 15.8 Å². The minimum absolute atomic E-state index is 0.187. The zero-order valence-corrected chi connectivity index (χ0v) is 9.66. The number of nitrogens with two attached hydrogens (primary N) is 1. The van der Waals surface area contributed by atoms with Crippen LogP contribution in [-0.4, -0.2) is 42.9 Å². The smallest absolute Gasteiger partial charge is 0.252 e. The number of amides is 2. The summed E-state index contributed by atoms with van der Waals surface area (Å²) in [5.41, 5.74) is 10.2. The summed E-state index contributed by atoms with van der Waals surface area (Å²) in [6.45, 7) is 4.13. The van der Waals surface area contributed by atoms with Gasteiger partial charge in [-0.25, -0.2) is 0 Å². The number of nitrogens with zero attached hydrogens (tertiary/aromatic N) is 1. The summed E-state index contributed by atoms with van der Waals surface area (Å²) < 4.78 is 0. The van der Waals surface area contributed by atoms with Gasteiger partial charge in [-0.05, 0) is 31.8 Å². The molecule has 1 saturated heterocycles. The van der Waals surface area contributed by atoms with Crippen molar-refractivity contribution in [3.05, 3.63) is 0 Å². The fraction of sp³-hybridized carbons (Fsp3) is 0.800. The zero-order valence-electron chi connectivity index (χ0n) is 9.66. The van der Waals surface area contributed by atoms with E-state index in [0.717, 1.165) is 25.9 Å². The van der Waals surface area contributed by atoms with E-state index in [1.807, 2.05) is 0 Å². The summed E-state index contributed by atoms with van der Waals surface area (Å²) in [6.07, 6.45) is 2.22. The molecule has 6 heteroatoms. The molecule has 1 atom stereocenters. The molecule has 92 valence electrons. The van der Waals surface area contributed by atoms with Gasteiger partial charge in [0.05, 0.1) is 6.54 Å². The molecule has 0 aromatic rings. The van der Waals surface area contributed by atoms with E-state index in [4.69, 9.17) is 5.73 Å². The van der Waals surface area contributed by atoms with E-state index >= 15 is 0 Å². The minimum atomic E-state index is -0.271. The van der Waals surface area contributed by atoms with Gasteiger partial charge in [0.15, 0.2) is 0 Å². The number of hydrazine groups is 1. The molecule has 0 aromatic carbocycles. The van der Waals surface area contributed by atoms with Gasteiger partial charge in [-0.1, -0.05) is 0 Å². The molecule has 2 amide bonds. The molecule has 1 heterocycles. The highest BCUT2D eigenvalue weighted by atomic mass is 16.2. The molecule has 0 bridgehead atoms. The molecule has 6 nitrogen and oxygen atoms in total. The van der Waals surface area contributed by atoms with Gasteiger partial charge >= 0.3 is 0 Å². The van der Waals surface area contributed by atoms with Crippen molar-refractivity contribution in [2.24, 2.45) is 11.7 Å². The molecule has 1 fully saturated rings. The Kier molecular flexibility index (Phi) is 5.21. The summed E-state index contributed by atoms with van der Waals surface area (Å²) in [4.78, 5) is 24.1. The molecule has 4 N–H and O–H groups in total. The van der Waals surface area contributed by atoms with Crippen molar-refractivity contribution in [2.75, 3.05) is 26.2 Å². The molecule has 0 saturated carbocycles. The van der Waals surface area contributed by atoms with E-state index in [0.29, 0.717) is 19.0 Å². The SMILES string of the molecule is CC(=O)NNC(=O)CN1CCCC(CN)C1. The Bertz CT molecular complexity index is 257. The predicted octanol–water partition coefficient (Wildman–Crippen LogP) is -1.18. The number of nitrogens with one attached hydrogen (secondary N) is 2. The summed E-state index contributed by atoms with van der Waals surface area (Å²) in [7, 11) is 0. The van der Waals surface area contributed by atoms with Crippen molar-refractivity contribution in [3.8, 4) is 0 Å². The summed E-state index contributed by atoms with van der Waals surface area (Å²) in [5, 5.41) is 0. The zero-order chi connectivity index (χ0) is 12.0. The van der Waals surface area contributed by atoms with Crippen molar-refractivity contribution in [2.45, 2.75) is 19.8 Å². The van der Waals surface area contributed by atoms with Gasteiger partial charge in [0.2, 0.25) is 5.91 Å². The standard InChI is InChI=1S/C10H20N4O2/c1-8(15)12-13-10(16)7-14-4-2-3-9(5-11)6-14/h9H,2-7,11H2,1H3,(H,12,15)(H,13,16). The summed E-state index contributed by atoms with van der Waals surface area (Å²) >= 11 is 0. The van der Waals surface area contributed by atoms with Gasteiger partial charge < -0.3 is 5.73 Å². The Labute approximate surface area is 95.5 Å². The number of carbonyl (C=O) groups excluding carboxylic acids is 2. The maximum atomic E-state index is 11.4. The third-order valence-electron chi connectivity index (χ3n) is 2.68. The Morgan fingerprint density at radius 2 is 2.19 bits per heavy atom. The highest BCUT2D eigenvalue weighted by Gasteiger charge is 2.20. The second-order valence-electron chi connectivity index (χ2n) is 4.21. The maximum absolute atomic E-state index is 11.4. The highest BCUT2D eigenvalue weighted by molar-refractivity contribution is 5.81. The molecule has 1 rings (SSSR count). The molecule has 16 heavy (non-hydrogen) atoms. The number of hydrogen-bond acceptors (Lipinski definition) is 4. The number of hydrogen-bond donors (Lipinski definition) is 3. The number of likely N-dealkylation sites (tertiary alicyclic amines) is 1. The van der Waals surface area contributed by atoms with Crippen LogP contribution in [0.2, 0.25) is 0 Å². The Balaban J connectivity index is 2.25. The van der Waals surface area contributed by atoms with Crippen LogP contribution >= 0.6 is 0 Å². The first-order chi connectivity index (χ1) is 7.61. The van der Waals surface area contributed by atoms with Crippen LogP contribution in [0, 0.1) is 5.92 Å². The van der Waals surface area contributed by atoms with Crippen LogP contribution in [0.15, 0.2) is 0 Å². The lowest BCUT2D eigenvalue weighted by Gasteiger charge is -2.31. The van der Waals surface area contributed by atoms with Crippen LogP contribution < -0.4 is 16.6 Å². The second-order valence-corrected chi connectivity index (χ2v) is 4.21. The molecular formula is C10H20N4O2. The minimum Gasteiger partial charge on any atom is -0.330 e. The third-order valence-corrected chi connectivity index (χ3v) is 2.68. The van der Waals surface area contributed by atoms with Crippen LogP contribution in [-0.2, 0) is 9.59 Å². The molecule has 0 spiro atoms. The largest absolute Gasteiger partial charge is 0.330 e. The molecule has 1 aliphatic rings. The fourth-order valence-corrected chi connectivity index (χ4v) is 1.89. The average molecular weight is 228 g/mol. The van der Waals surface area contributed by atoms with Crippen LogP contribution in [0.1, 0.15) is 19.8 Å². The number of carbonyl (C=O) groups is 2. The van der Waals surface area contributed by atoms with Gasteiger partial charge in [-0.2, -0.15) is 0 Å². The van der Waals surface area contributed by atoms with E-state index in [9.17, 15) is 9.59 Å². The lowest BCUT2D eigenvalue weighted by molar-refractivity contribution is -0.128. The van der Waals surface area contributed by atoms with Gasteiger partial charge in [-0.3, -0.25) is 25.3 Å². The number of rotatable bonds is 3. The summed E-state index contributed by atoms with van der Waals surface area (Å²) in [5.74, 6) is 0.0296. The first-order valence-corrected chi connectivity index (χ1v) is 5.59. The predicted molar refractivity (Wildman–Crippen MR) is 60.2 cm³/mol. The molecule has 0 aliphatic carbocycles. The Morgan fingerprint density at radius 1 is 1.44 bits per heavy atom. The van der Waals surface area contributed by atoms with Gasteiger partial charge in [0, 0.05) is 13.5 Å². The van der Waals surface area contributed by atoms with Crippen molar-refractivity contribution in [3.63, 3.8) is 0 Å². The Morgan fingerprint density at radius 3 is 2.81 bits per heavy atom. The molecule has 0 aromatic heterocycles. The van der Waals surface area contributed by atoms with Gasteiger partial charge in [-0.15, -0.1) is 0 Å². The molecule has 1 aliphatic heterocycles. The third kappa shape index (κ3) is 4.59. The topological polar surface area (TPSA) is 87.5 Å². The first kappa shape index (κ1) is 12.9.